The molecule has 5 heteroatoms. The second-order valence-electron chi connectivity index (χ2n) is 5.65. The van der Waals surface area contributed by atoms with Gasteiger partial charge in [-0.1, -0.05) is 13.8 Å². The zero-order valence-electron chi connectivity index (χ0n) is 13.1. The van der Waals surface area contributed by atoms with E-state index in [0.29, 0.717) is 5.92 Å². The van der Waals surface area contributed by atoms with Crippen LogP contribution in [0.5, 0.6) is 0 Å². The van der Waals surface area contributed by atoms with Gasteiger partial charge in [0.05, 0.1) is 0 Å². The van der Waals surface area contributed by atoms with Gasteiger partial charge >= 0.3 is 0 Å². The smallest absolute Gasteiger partial charge is 0.146 e. The van der Waals surface area contributed by atoms with Gasteiger partial charge < -0.3 is 5.32 Å². The van der Waals surface area contributed by atoms with E-state index in [2.05, 4.69) is 35.6 Å². The monoisotopic (exact) mass is 285 g/mol. The molecule has 0 radical (unpaired) electrons. The molecular formula is C16H23N5. The summed E-state index contributed by atoms with van der Waals surface area (Å²) >= 11 is 0. The summed E-state index contributed by atoms with van der Waals surface area (Å²) in [6.07, 6.45) is 8.24. The number of aryl methyl sites for hydroxylation is 1. The fourth-order valence-corrected chi connectivity index (χ4v) is 2.48. The van der Waals surface area contributed by atoms with Crippen molar-refractivity contribution < 1.29 is 0 Å². The van der Waals surface area contributed by atoms with Crippen molar-refractivity contribution in [3.63, 3.8) is 0 Å². The molecule has 0 saturated heterocycles. The summed E-state index contributed by atoms with van der Waals surface area (Å²) in [5.74, 6) is 4.50. The van der Waals surface area contributed by atoms with Gasteiger partial charge in [0.1, 0.15) is 23.3 Å². The van der Waals surface area contributed by atoms with Crippen LogP contribution in [-0.2, 0) is 6.42 Å². The molecule has 0 bridgehead atoms. The van der Waals surface area contributed by atoms with Gasteiger partial charge in [-0.3, -0.25) is 4.57 Å². The van der Waals surface area contributed by atoms with Gasteiger partial charge in [0, 0.05) is 36.8 Å². The molecule has 0 atom stereocenters. The van der Waals surface area contributed by atoms with Crippen LogP contribution in [0.3, 0.4) is 0 Å². The lowest BCUT2D eigenvalue weighted by molar-refractivity contribution is 0.819. The quantitative estimate of drug-likeness (QED) is 0.885. The fourth-order valence-electron chi connectivity index (χ4n) is 2.48. The summed E-state index contributed by atoms with van der Waals surface area (Å²) in [6, 6.07) is 0. The maximum Gasteiger partial charge on any atom is 0.146 e. The van der Waals surface area contributed by atoms with Gasteiger partial charge in [-0.15, -0.1) is 0 Å². The van der Waals surface area contributed by atoms with Crippen LogP contribution in [0, 0.1) is 6.92 Å². The fraction of sp³-hybridized carbons (Fsp3) is 0.562. The molecule has 1 aliphatic rings. The van der Waals surface area contributed by atoms with Gasteiger partial charge in [0.15, 0.2) is 0 Å². The number of rotatable bonds is 6. The van der Waals surface area contributed by atoms with Crippen molar-refractivity contribution >= 4 is 5.82 Å². The highest BCUT2D eigenvalue weighted by Gasteiger charge is 2.28. The van der Waals surface area contributed by atoms with E-state index in [0.717, 1.165) is 48.2 Å². The molecule has 112 valence electrons. The van der Waals surface area contributed by atoms with Crippen molar-refractivity contribution in [1.82, 2.24) is 19.5 Å². The number of imidazole rings is 1. The molecule has 0 amide bonds. The lowest BCUT2D eigenvalue weighted by Gasteiger charge is -2.15. The number of aromatic nitrogens is 4. The lowest BCUT2D eigenvalue weighted by atomic mass is 10.2. The number of anilines is 1. The molecule has 0 unspecified atom stereocenters. The molecule has 1 saturated carbocycles. The molecule has 21 heavy (non-hydrogen) atoms. The van der Waals surface area contributed by atoms with Crippen LogP contribution in [0.2, 0.25) is 0 Å². The highest BCUT2D eigenvalue weighted by molar-refractivity contribution is 5.52. The van der Waals surface area contributed by atoms with E-state index in [9.17, 15) is 0 Å². The van der Waals surface area contributed by atoms with E-state index in [4.69, 9.17) is 9.97 Å². The molecule has 1 N–H and O–H groups in total. The predicted molar refractivity (Wildman–Crippen MR) is 84.0 cm³/mol. The third kappa shape index (κ3) is 2.77. The summed E-state index contributed by atoms with van der Waals surface area (Å²) in [7, 11) is 0. The highest BCUT2D eigenvalue weighted by atomic mass is 15.2. The van der Waals surface area contributed by atoms with Crippen LogP contribution < -0.4 is 5.32 Å². The molecule has 0 aliphatic heterocycles. The van der Waals surface area contributed by atoms with E-state index in [1.165, 1.54) is 12.8 Å². The van der Waals surface area contributed by atoms with Gasteiger partial charge in [0.2, 0.25) is 0 Å². The van der Waals surface area contributed by atoms with Crippen LogP contribution in [0.4, 0.5) is 5.82 Å². The van der Waals surface area contributed by atoms with Crippen LogP contribution in [0.1, 0.15) is 56.2 Å². The number of hydrogen-bond acceptors (Lipinski definition) is 4. The Bertz CT molecular complexity index is 628. The van der Waals surface area contributed by atoms with Crippen molar-refractivity contribution in [2.24, 2.45) is 0 Å². The van der Waals surface area contributed by atoms with E-state index in [1.54, 1.807) is 0 Å². The first kappa shape index (κ1) is 14.0. The summed E-state index contributed by atoms with van der Waals surface area (Å²) in [5, 5.41) is 3.44. The Labute approximate surface area is 125 Å². The number of nitrogens with one attached hydrogen (secondary N) is 1. The molecule has 1 aliphatic carbocycles. The maximum atomic E-state index is 4.83. The summed E-state index contributed by atoms with van der Waals surface area (Å²) in [6.45, 7) is 7.31. The molecule has 2 aromatic rings. The van der Waals surface area contributed by atoms with Crippen molar-refractivity contribution in [2.75, 3.05) is 11.9 Å². The topological polar surface area (TPSA) is 55.6 Å². The molecule has 0 spiro atoms. The van der Waals surface area contributed by atoms with Crippen molar-refractivity contribution in [3.8, 4) is 5.82 Å². The van der Waals surface area contributed by atoms with Gasteiger partial charge in [0.25, 0.3) is 0 Å². The Balaban J connectivity index is 2.07. The second kappa shape index (κ2) is 5.84. The van der Waals surface area contributed by atoms with E-state index >= 15 is 0 Å². The Morgan fingerprint density at radius 1 is 1.29 bits per heavy atom. The van der Waals surface area contributed by atoms with Crippen molar-refractivity contribution in [2.45, 2.75) is 52.4 Å². The molecular weight excluding hydrogens is 262 g/mol. The minimum absolute atomic E-state index is 0.542. The van der Waals surface area contributed by atoms with E-state index in [-0.39, 0.29) is 0 Å². The summed E-state index contributed by atoms with van der Waals surface area (Å²) < 4.78 is 2.10. The molecule has 2 heterocycles. The molecule has 0 aromatic carbocycles. The SMILES string of the molecule is CCCNc1nc(C2CC2)nc(-n2ccnc2CC)c1C. The van der Waals surface area contributed by atoms with Gasteiger partial charge in [-0.2, -0.15) is 0 Å². The number of hydrogen-bond donors (Lipinski definition) is 1. The first-order valence-corrected chi connectivity index (χ1v) is 7.89. The normalized spacial score (nSPS) is 14.4. The minimum Gasteiger partial charge on any atom is -0.370 e. The Kier molecular flexibility index (Phi) is 3.90. The second-order valence-corrected chi connectivity index (χ2v) is 5.65. The van der Waals surface area contributed by atoms with E-state index in [1.807, 2.05) is 12.4 Å². The average molecular weight is 285 g/mol. The van der Waals surface area contributed by atoms with Gasteiger partial charge in [-0.25, -0.2) is 15.0 Å². The largest absolute Gasteiger partial charge is 0.370 e. The molecule has 3 rings (SSSR count). The molecule has 1 fully saturated rings. The first-order valence-electron chi connectivity index (χ1n) is 7.89. The lowest BCUT2D eigenvalue weighted by Crippen LogP contribution is -2.12. The van der Waals surface area contributed by atoms with Crippen LogP contribution >= 0.6 is 0 Å². The van der Waals surface area contributed by atoms with E-state index < -0.39 is 0 Å². The van der Waals surface area contributed by atoms with Crippen LogP contribution in [0.15, 0.2) is 12.4 Å². The van der Waals surface area contributed by atoms with Crippen LogP contribution in [0.25, 0.3) is 5.82 Å². The standard InChI is InChI=1S/C16H23N5/c1-4-8-18-14-11(3)16(20-15(19-14)12-6-7-12)21-10-9-17-13(21)5-2/h9-10,12H,4-8H2,1-3H3,(H,18,19,20). The molecule has 5 nitrogen and oxygen atoms in total. The average Bonchev–Trinajstić information content (AvgIpc) is 3.24. The predicted octanol–water partition coefficient (Wildman–Crippen LogP) is 3.23. The Hall–Kier alpha value is -1.91. The zero-order chi connectivity index (χ0) is 14.8. The highest BCUT2D eigenvalue weighted by Crippen LogP contribution is 2.39. The zero-order valence-corrected chi connectivity index (χ0v) is 13.1. The van der Waals surface area contributed by atoms with Gasteiger partial charge in [-0.05, 0) is 26.2 Å². The van der Waals surface area contributed by atoms with Crippen molar-refractivity contribution in [3.05, 3.63) is 29.6 Å². The summed E-state index contributed by atoms with van der Waals surface area (Å²) in [4.78, 5) is 14.0. The number of nitrogens with zero attached hydrogens (tertiary/aromatic N) is 4. The third-order valence-electron chi connectivity index (χ3n) is 3.88. The maximum absolute atomic E-state index is 4.83. The Morgan fingerprint density at radius 2 is 2.10 bits per heavy atom. The van der Waals surface area contributed by atoms with Crippen LogP contribution in [-0.4, -0.2) is 26.1 Å². The summed E-state index contributed by atoms with van der Waals surface area (Å²) in [5.41, 5.74) is 1.10. The Morgan fingerprint density at radius 3 is 2.76 bits per heavy atom. The minimum atomic E-state index is 0.542. The molecule has 2 aromatic heterocycles. The first-order chi connectivity index (χ1) is 10.2. The third-order valence-corrected chi connectivity index (χ3v) is 3.88. The van der Waals surface area contributed by atoms with Crippen molar-refractivity contribution in [1.29, 1.82) is 0 Å².